The van der Waals surface area contributed by atoms with E-state index in [4.69, 9.17) is 9.47 Å². The van der Waals surface area contributed by atoms with Gasteiger partial charge in [-0.25, -0.2) is 4.98 Å². The number of ether oxygens (including phenoxy) is 3. The standard InChI is InChI=1S/C19H15F3N2O4S/c1-26-15-8-4-7-13(16(15)27-2)18-24-14(10-29-18)17(25)23-11-5-3-6-12(9-11)28-19(20,21)22/h3-10H,1-2H3,(H,23,25). The van der Waals surface area contributed by atoms with E-state index in [0.29, 0.717) is 22.1 Å². The number of para-hydroxylation sites is 1. The zero-order chi connectivity index (χ0) is 21.0. The van der Waals surface area contributed by atoms with Gasteiger partial charge in [-0.05, 0) is 24.3 Å². The topological polar surface area (TPSA) is 69.7 Å². The van der Waals surface area contributed by atoms with Crippen LogP contribution in [-0.2, 0) is 0 Å². The van der Waals surface area contributed by atoms with Gasteiger partial charge in [0.15, 0.2) is 11.5 Å². The number of amides is 1. The summed E-state index contributed by atoms with van der Waals surface area (Å²) < 4.78 is 51.5. The van der Waals surface area contributed by atoms with Gasteiger partial charge in [-0.2, -0.15) is 0 Å². The second-order valence-corrected chi connectivity index (χ2v) is 6.47. The lowest BCUT2D eigenvalue weighted by Gasteiger charge is -2.11. The SMILES string of the molecule is COc1cccc(-c2nc(C(=O)Nc3cccc(OC(F)(F)F)c3)cs2)c1OC. The molecule has 0 saturated heterocycles. The number of anilines is 1. The van der Waals surface area contributed by atoms with E-state index < -0.39 is 18.0 Å². The van der Waals surface area contributed by atoms with E-state index in [1.54, 1.807) is 23.6 Å². The van der Waals surface area contributed by atoms with E-state index in [-0.39, 0.29) is 11.4 Å². The molecule has 0 aliphatic carbocycles. The number of nitrogens with zero attached hydrogens (tertiary/aromatic N) is 1. The summed E-state index contributed by atoms with van der Waals surface area (Å²) in [6.45, 7) is 0. The summed E-state index contributed by atoms with van der Waals surface area (Å²) in [5.74, 6) is -0.00473. The van der Waals surface area contributed by atoms with Crippen LogP contribution in [0.15, 0.2) is 47.8 Å². The molecular weight excluding hydrogens is 409 g/mol. The summed E-state index contributed by atoms with van der Waals surface area (Å²) in [4.78, 5) is 16.7. The highest BCUT2D eigenvalue weighted by atomic mass is 32.1. The zero-order valence-electron chi connectivity index (χ0n) is 15.2. The molecule has 0 saturated carbocycles. The van der Waals surface area contributed by atoms with Crippen molar-refractivity contribution in [2.24, 2.45) is 0 Å². The van der Waals surface area contributed by atoms with Gasteiger partial charge in [0, 0.05) is 17.1 Å². The van der Waals surface area contributed by atoms with E-state index >= 15 is 0 Å². The van der Waals surface area contributed by atoms with Crippen LogP contribution in [0.1, 0.15) is 10.5 Å². The van der Waals surface area contributed by atoms with Crippen LogP contribution in [0.2, 0.25) is 0 Å². The average Bonchev–Trinajstić information content (AvgIpc) is 3.16. The van der Waals surface area contributed by atoms with E-state index in [0.717, 1.165) is 12.1 Å². The number of halogens is 3. The monoisotopic (exact) mass is 424 g/mol. The van der Waals surface area contributed by atoms with Crippen molar-refractivity contribution in [1.29, 1.82) is 0 Å². The molecule has 1 N–H and O–H groups in total. The van der Waals surface area contributed by atoms with Gasteiger partial charge in [0.05, 0.1) is 19.8 Å². The Hall–Kier alpha value is -3.27. The van der Waals surface area contributed by atoms with Crippen LogP contribution in [0, 0.1) is 0 Å². The fourth-order valence-corrected chi connectivity index (χ4v) is 3.35. The van der Waals surface area contributed by atoms with Crippen molar-refractivity contribution in [3.05, 3.63) is 53.5 Å². The van der Waals surface area contributed by atoms with E-state index in [2.05, 4.69) is 15.0 Å². The van der Waals surface area contributed by atoms with Crippen molar-refractivity contribution in [1.82, 2.24) is 4.98 Å². The summed E-state index contributed by atoms with van der Waals surface area (Å²) in [6.07, 6.45) is -4.82. The predicted octanol–water partition coefficient (Wildman–Crippen LogP) is 4.98. The molecular formula is C19H15F3N2O4S. The number of alkyl halides is 3. The van der Waals surface area contributed by atoms with Gasteiger partial charge in [0.1, 0.15) is 16.5 Å². The highest BCUT2D eigenvalue weighted by Crippen LogP contribution is 2.39. The molecule has 0 atom stereocenters. The maximum atomic E-state index is 12.4. The molecule has 1 aromatic heterocycles. The molecule has 29 heavy (non-hydrogen) atoms. The largest absolute Gasteiger partial charge is 0.573 e. The first kappa shape index (κ1) is 20.5. The van der Waals surface area contributed by atoms with E-state index in [9.17, 15) is 18.0 Å². The molecule has 0 aliphatic rings. The minimum atomic E-state index is -4.82. The maximum absolute atomic E-state index is 12.4. The lowest BCUT2D eigenvalue weighted by atomic mass is 10.2. The second kappa shape index (κ2) is 8.39. The number of thiazole rings is 1. The van der Waals surface area contributed by atoms with Gasteiger partial charge in [0.25, 0.3) is 5.91 Å². The van der Waals surface area contributed by atoms with E-state index in [1.807, 2.05) is 0 Å². The number of rotatable bonds is 6. The third-order valence-electron chi connectivity index (χ3n) is 3.70. The normalized spacial score (nSPS) is 11.1. The number of nitrogens with one attached hydrogen (secondary N) is 1. The van der Waals surface area contributed by atoms with Crippen LogP contribution in [0.3, 0.4) is 0 Å². The van der Waals surface area contributed by atoms with Gasteiger partial charge in [-0.3, -0.25) is 4.79 Å². The Morgan fingerprint density at radius 1 is 1.10 bits per heavy atom. The fraction of sp³-hybridized carbons (Fsp3) is 0.158. The molecule has 0 radical (unpaired) electrons. The Morgan fingerprint density at radius 2 is 1.86 bits per heavy atom. The third kappa shape index (κ3) is 4.96. The summed E-state index contributed by atoms with van der Waals surface area (Å²) in [6, 6.07) is 10.3. The lowest BCUT2D eigenvalue weighted by Crippen LogP contribution is -2.17. The Kier molecular flexibility index (Phi) is 5.92. The number of hydrogen-bond acceptors (Lipinski definition) is 6. The Bertz CT molecular complexity index is 1020. The average molecular weight is 424 g/mol. The van der Waals surface area contributed by atoms with Crippen molar-refractivity contribution in [2.75, 3.05) is 19.5 Å². The van der Waals surface area contributed by atoms with Crippen molar-refractivity contribution in [3.63, 3.8) is 0 Å². The molecule has 0 unspecified atom stereocenters. The zero-order valence-corrected chi connectivity index (χ0v) is 16.1. The highest BCUT2D eigenvalue weighted by molar-refractivity contribution is 7.13. The van der Waals surface area contributed by atoms with Crippen molar-refractivity contribution in [3.8, 4) is 27.8 Å². The molecule has 1 amide bonds. The van der Waals surface area contributed by atoms with Crippen LogP contribution in [-0.4, -0.2) is 31.5 Å². The summed E-state index contributed by atoms with van der Waals surface area (Å²) in [5, 5.41) is 4.57. The van der Waals surface area contributed by atoms with Crippen LogP contribution >= 0.6 is 11.3 Å². The van der Waals surface area contributed by atoms with Crippen LogP contribution in [0.5, 0.6) is 17.2 Å². The summed E-state index contributed by atoms with van der Waals surface area (Å²) >= 11 is 1.22. The highest BCUT2D eigenvalue weighted by Gasteiger charge is 2.31. The summed E-state index contributed by atoms with van der Waals surface area (Å²) in [5.41, 5.74) is 0.902. The van der Waals surface area contributed by atoms with Crippen molar-refractivity contribution < 1.29 is 32.2 Å². The second-order valence-electron chi connectivity index (χ2n) is 5.61. The first-order valence-corrected chi connectivity index (χ1v) is 9.02. The molecule has 3 rings (SSSR count). The minimum Gasteiger partial charge on any atom is -0.493 e. The molecule has 1 heterocycles. The molecule has 2 aromatic carbocycles. The van der Waals surface area contributed by atoms with Gasteiger partial charge in [0.2, 0.25) is 0 Å². The van der Waals surface area contributed by atoms with Gasteiger partial charge < -0.3 is 19.5 Å². The smallest absolute Gasteiger partial charge is 0.493 e. The Balaban J connectivity index is 1.80. The Labute approximate surface area is 167 Å². The van der Waals surface area contributed by atoms with E-state index in [1.165, 1.54) is 37.7 Å². The van der Waals surface area contributed by atoms with Crippen molar-refractivity contribution in [2.45, 2.75) is 6.36 Å². The van der Waals surface area contributed by atoms with Gasteiger partial charge in [-0.15, -0.1) is 24.5 Å². The molecule has 0 bridgehead atoms. The number of hydrogen-bond donors (Lipinski definition) is 1. The summed E-state index contributed by atoms with van der Waals surface area (Å²) in [7, 11) is 3.01. The molecule has 0 spiro atoms. The van der Waals surface area contributed by atoms with Gasteiger partial charge >= 0.3 is 6.36 Å². The predicted molar refractivity (Wildman–Crippen MR) is 102 cm³/mol. The number of benzene rings is 2. The molecule has 0 aliphatic heterocycles. The molecule has 3 aromatic rings. The van der Waals surface area contributed by atoms with Crippen LogP contribution < -0.4 is 19.5 Å². The fourth-order valence-electron chi connectivity index (χ4n) is 2.52. The minimum absolute atomic E-state index is 0.108. The molecule has 0 fully saturated rings. The van der Waals surface area contributed by atoms with Gasteiger partial charge in [-0.1, -0.05) is 12.1 Å². The molecule has 152 valence electrons. The maximum Gasteiger partial charge on any atom is 0.573 e. The first-order valence-electron chi connectivity index (χ1n) is 8.15. The number of methoxy groups -OCH3 is 2. The molecule has 10 heteroatoms. The number of aromatic nitrogens is 1. The third-order valence-corrected chi connectivity index (χ3v) is 4.57. The lowest BCUT2D eigenvalue weighted by molar-refractivity contribution is -0.274. The molecule has 6 nitrogen and oxygen atoms in total. The number of carbonyl (C=O) groups is 1. The quantitative estimate of drug-likeness (QED) is 0.605. The Morgan fingerprint density at radius 3 is 2.55 bits per heavy atom. The van der Waals surface area contributed by atoms with Crippen molar-refractivity contribution >= 4 is 22.9 Å². The van der Waals surface area contributed by atoms with Crippen LogP contribution in [0.25, 0.3) is 10.6 Å². The van der Waals surface area contributed by atoms with Crippen LogP contribution in [0.4, 0.5) is 18.9 Å². The first-order chi connectivity index (χ1) is 13.8. The number of carbonyl (C=O) groups excluding carboxylic acids is 1.